The summed E-state index contributed by atoms with van der Waals surface area (Å²) in [6.07, 6.45) is 1.65. The Morgan fingerprint density at radius 2 is 2.05 bits per heavy atom. The van der Waals surface area contributed by atoms with Crippen LogP contribution in [0, 0.1) is 0 Å². The van der Waals surface area contributed by atoms with Gasteiger partial charge in [0.2, 0.25) is 0 Å². The lowest BCUT2D eigenvalue weighted by molar-refractivity contribution is 0.572. The van der Waals surface area contributed by atoms with Gasteiger partial charge in [0.25, 0.3) is 0 Å². The average molecular weight is 328 g/mol. The predicted molar refractivity (Wildman–Crippen MR) is 86.1 cm³/mol. The van der Waals surface area contributed by atoms with Gasteiger partial charge in [0.15, 0.2) is 5.82 Å². The highest BCUT2D eigenvalue weighted by atomic mass is 32.1. The highest BCUT2D eigenvalue weighted by Crippen LogP contribution is 2.16. The summed E-state index contributed by atoms with van der Waals surface area (Å²) in [5.74, 6) is 0.874. The fourth-order valence-electron chi connectivity index (χ4n) is 2.31. The molecule has 0 unspecified atom stereocenters. The summed E-state index contributed by atoms with van der Waals surface area (Å²) >= 11 is 3.00. The number of rotatable bonds is 5. The maximum atomic E-state index is 4.27. The smallest absolute Gasteiger partial charge is 0.155 e. The molecule has 6 nitrogen and oxygen atoms in total. The Kier molecular flexibility index (Phi) is 3.61. The van der Waals surface area contributed by atoms with Gasteiger partial charge in [-0.1, -0.05) is 12.1 Å². The number of tetrazole rings is 1. The first-order valence-corrected chi connectivity index (χ1v) is 8.48. The van der Waals surface area contributed by atoms with Gasteiger partial charge < -0.3 is 0 Å². The molecule has 4 rings (SSSR count). The fraction of sp³-hybridized carbons (Fsp3) is 0.214. The number of hydrogen-bond acceptors (Lipinski definition) is 7. The van der Waals surface area contributed by atoms with Crippen molar-refractivity contribution < 1.29 is 0 Å². The van der Waals surface area contributed by atoms with Crippen molar-refractivity contribution in [1.29, 1.82) is 0 Å². The number of aromatic nitrogens is 6. The monoisotopic (exact) mass is 328 g/mol. The summed E-state index contributed by atoms with van der Waals surface area (Å²) < 4.78 is 10.4. The lowest BCUT2D eigenvalue weighted by atomic mass is 10.1. The van der Waals surface area contributed by atoms with Crippen molar-refractivity contribution in [3.8, 4) is 0 Å². The molecule has 0 saturated carbocycles. The predicted octanol–water partition coefficient (Wildman–Crippen LogP) is 2.57. The highest BCUT2D eigenvalue weighted by molar-refractivity contribution is 7.09. The highest BCUT2D eigenvalue weighted by Gasteiger charge is 2.09. The zero-order chi connectivity index (χ0) is 14.8. The minimum Gasteiger partial charge on any atom is -0.229 e. The Morgan fingerprint density at radius 1 is 1.09 bits per heavy atom. The van der Waals surface area contributed by atoms with Gasteiger partial charge >= 0.3 is 0 Å². The van der Waals surface area contributed by atoms with Gasteiger partial charge in [-0.05, 0) is 39.6 Å². The van der Waals surface area contributed by atoms with Crippen LogP contribution in [0.3, 0.4) is 0 Å². The van der Waals surface area contributed by atoms with Crippen molar-refractivity contribution in [3.05, 3.63) is 52.0 Å². The molecule has 0 radical (unpaired) electrons. The first kappa shape index (κ1) is 13.5. The number of nitrogens with zero attached hydrogens (tertiary/aromatic N) is 6. The summed E-state index contributed by atoms with van der Waals surface area (Å²) in [5, 5.41) is 14.2. The first-order chi connectivity index (χ1) is 10.9. The molecule has 0 aliphatic rings. The quantitative estimate of drug-likeness (QED) is 0.563. The third-order valence-electron chi connectivity index (χ3n) is 3.44. The molecule has 0 saturated heterocycles. The summed E-state index contributed by atoms with van der Waals surface area (Å²) in [6, 6.07) is 10.3. The van der Waals surface area contributed by atoms with Gasteiger partial charge in [-0.3, -0.25) is 0 Å². The third kappa shape index (κ3) is 2.75. The molecule has 4 aromatic rings. The molecule has 110 valence electrons. The normalized spacial score (nSPS) is 11.3. The van der Waals surface area contributed by atoms with Crippen molar-refractivity contribution in [2.24, 2.45) is 0 Å². The molecule has 1 aromatic carbocycles. The van der Waals surface area contributed by atoms with Crippen molar-refractivity contribution in [1.82, 2.24) is 29.0 Å². The van der Waals surface area contributed by atoms with Crippen LogP contribution in [0.5, 0.6) is 0 Å². The standard InChI is InChI=1S/C14H12N6S2/c1-2-11(21-7-1)5-6-20-14(15-18-19-20)9-10-3-4-12-13(8-10)17-22-16-12/h1-4,7-8H,5-6,9H2. The van der Waals surface area contributed by atoms with E-state index in [-0.39, 0.29) is 0 Å². The second-order valence-electron chi connectivity index (χ2n) is 4.91. The summed E-state index contributed by atoms with van der Waals surface area (Å²) in [7, 11) is 0. The van der Waals surface area contributed by atoms with E-state index in [9.17, 15) is 0 Å². The van der Waals surface area contributed by atoms with E-state index in [1.165, 1.54) is 16.6 Å². The molecule has 0 aliphatic heterocycles. The van der Waals surface area contributed by atoms with Gasteiger partial charge in [-0.15, -0.1) is 16.4 Å². The number of thiophene rings is 1. The van der Waals surface area contributed by atoms with E-state index < -0.39 is 0 Å². The number of benzene rings is 1. The molecule has 0 fully saturated rings. The Balaban J connectivity index is 1.51. The topological polar surface area (TPSA) is 69.4 Å². The summed E-state index contributed by atoms with van der Waals surface area (Å²) in [6.45, 7) is 0.795. The van der Waals surface area contributed by atoms with Crippen LogP contribution in [-0.2, 0) is 19.4 Å². The Morgan fingerprint density at radius 3 is 2.95 bits per heavy atom. The molecule has 0 N–H and O–H groups in total. The molecule has 8 heteroatoms. The Labute approximate surface area is 134 Å². The molecular formula is C14H12N6S2. The Bertz CT molecular complexity index is 880. The average Bonchev–Trinajstić information content (AvgIpc) is 3.27. The van der Waals surface area contributed by atoms with E-state index in [1.807, 2.05) is 10.7 Å². The van der Waals surface area contributed by atoms with Gasteiger partial charge in [-0.2, -0.15) is 8.75 Å². The maximum absolute atomic E-state index is 4.27. The first-order valence-electron chi connectivity index (χ1n) is 6.87. The second kappa shape index (κ2) is 5.90. The van der Waals surface area contributed by atoms with E-state index >= 15 is 0 Å². The van der Waals surface area contributed by atoms with E-state index in [2.05, 4.69) is 53.9 Å². The molecule has 3 aromatic heterocycles. The lowest BCUT2D eigenvalue weighted by Crippen LogP contribution is -2.08. The Hall–Kier alpha value is -2.19. The summed E-state index contributed by atoms with van der Waals surface area (Å²) in [5.41, 5.74) is 3.01. The SMILES string of the molecule is c1csc(CCn2nnnc2Cc2ccc3nsnc3c2)c1. The van der Waals surface area contributed by atoms with Gasteiger partial charge in [0, 0.05) is 24.3 Å². The van der Waals surface area contributed by atoms with Crippen LogP contribution in [0.15, 0.2) is 35.7 Å². The molecule has 22 heavy (non-hydrogen) atoms. The van der Waals surface area contributed by atoms with Crippen LogP contribution in [0.2, 0.25) is 0 Å². The van der Waals surface area contributed by atoms with Crippen LogP contribution in [0.1, 0.15) is 16.3 Å². The minimum absolute atomic E-state index is 0.699. The van der Waals surface area contributed by atoms with Crippen molar-refractivity contribution in [2.75, 3.05) is 0 Å². The van der Waals surface area contributed by atoms with Crippen LogP contribution >= 0.6 is 23.1 Å². The maximum Gasteiger partial charge on any atom is 0.155 e. The van der Waals surface area contributed by atoms with E-state index in [1.54, 1.807) is 11.3 Å². The minimum atomic E-state index is 0.699. The largest absolute Gasteiger partial charge is 0.229 e. The zero-order valence-corrected chi connectivity index (χ0v) is 13.2. The molecular weight excluding hydrogens is 316 g/mol. The van der Waals surface area contributed by atoms with E-state index in [0.717, 1.165) is 35.4 Å². The number of aryl methyl sites for hydroxylation is 2. The lowest BCUT2D eigenvalue weighted by Gasteiger charge is -2.04. The number of fused-ring (bicyclic) bond motifs is 1. The third-order valence-corrected chi connectivity index (χ3v) is 4.93. The fourth-order valence-corrected chi connectivity index (χ4v) is 3.53. The van der Waals surface area contributed by atoms with Crippen molar-refractivity contribution in [2.45, 2.75) is 19.4 Å². The van der Waals surface area contributed by atoms with Gasteiger partial charge in [-0.25, -0.2) is 4.68 Å². The van der Waals surface area contributed by atoms with Crippen LogP contribution < -0.4 is 0 Å². The molecule has 3 heterocycles. The summed E-state index contributed by atoms with van der Waals surface area (Å²) in [4.78, 5) is 1.34. The van der Waals surface area contributed by atoms with E-state index in [4.69, 9.17) is 0 Å². The molecule has 0 aliphatic carbocycles. The molecule has 0 spiro atoms. The van der Waals surface area contributed by atoms with Crippen LogP contribution in [0.25, 0.3) is 11.0 Å². The molecule has 0 amide bonds. The van der Waals surface area contributed by atoms with Crippen molar-refractivity contribution >= 4 is 34.1 Å². The number of hydrogen-bond donors (Lipinski definition) is 0. The molecule has 0 bridgehead atoms. The van der Waals surface area contributed by atoms with Crippen LogP contribution in [0.4, 0.5) is 0 Å². The van der Waals surface area contributed by atoms with Gasteiger partial charge in [0.1, 0.15) is 11.0 Å². The van der Waals surface area contributed by atoms with Gasteiger partial charge in [0.05, 0.1) is 11.7 Å². The van der Waals surface area contributed by atoms with Crippen LogP contribution in [-0.4, -0.2) is 29.0 Å². The van der Waals surface area contributed by atoms with Crippen molar-refractivity contribution in [3.63, 3.8) is 0 Å². The zero-order valence-electron chi connectivity index (χ0n) is 11.6. The molecule has 0 atom stereocenters. The van der Waals surface area contributed by atoms with E-state index in [0.29, 0.717) is 6.42 Å². The second-order valence-corrected chi connectivity index (χ2v) is 6.47.